The molecule has 0 saturated carbocycles. The fourth-order valence-corrected chi connectivity index (χ4v) is 1.05. The normalized spacial score (nSPS) is 12.4. The maximum Gasteiger partial charge on any atom is 0.433 e. The first kappa shape index (κ1) is 13.5. The first-order valence-corrected chi connectivity index (χ1v) is 4.86. The molecule has 0 bridgehead atoms. The smallest absolute Gasteiger partial charge is 0.433 e. The average Bonchev–Trinajstić information content (AvgIpc) is 2.14. The van der Waals surface area contributed by atoms with Gasteiger partial charge in [0.15, 0.2) is 0 Å². The highest BCUT2D eigenvalue weighted by Gasteiger charge is 2.33. The second kappa shape index (κ2) is 4.35. The molecule has 0 saturated heterocycles. The predicted octanol–water partition coefficient (Wildman–Crippen LogP) is 3.06. The Balaban J connectivity index is 2.97. The van der Waals surface area contributed by atoms with Crippen molar-refractivity contribution in [3.8, 4) is 0 Å². The van der Waals surface area contributed by atoms with Gasteiger partial charge in [0, 0.05) is 6.20 Å². The lowest BCUT2D eigenvalue weighted by Gasteiger charge is -2.19. The lowest BCUT2D eigenvalue weighted by molar-refractivity contribution is -0.141. The van der Waals surface area contributed by atoms with E-state index in [2.05, 4.69) is 4.98 Å². The summed E-state index contributed by atoms with van der Waals surface area (Å²) in [6.07, 6.45) is -3.64. The molecule has 0 amide bonds. The minimum atomic E-state index is -4.57. The zero-order valence-electron chi connectivity index (χ0n) is 9.63. The molecule has 1 heterocycles. The fraction of sp³-hybridized carbons (Fsp3) is 0.455. The molecule has 0 radical (unpaired) electrons. The molecule has 0 atom stereocenters. The van der Waals surface area contributed by atoms with Gasteiger partial charge in [-0.1, -0.05) is 0 Å². The third-order valence-electron chi connectivity index (χ3n) is 1.68. The molecule has 0 unspecified atom stereocenters. The lowest BCUT2D eigenvalue weighted by Crippen LogP contribution is -2.24. The van der Waals surface area contributed by atoms with E-state index in [9.17, 15) is 18.0 Å². The summed E-state index contributed by atoms with van der Waals surface area (Å²) in [6.45, 7) is 4.91. The van der Waals surface area contributed by atoms with E-state index in [1.165, 1.54) is 6.07 Å². The standard InChI is InChI=1S/C11H12F3NO2/c1-10(2,3)17-9(16)7-4-5-15-8(6-7)11(12,13)14/h4-6H,1-3H3. The van der Waals surface area contributed by atoms with E-state index in [-0.39, 0.29) is 5.56 Å². The Morgan fingerprint density at radius 3 is 2.35 bits per heavy atom. The number of carbonyl (C=O) groups is 1. The van der Waals surface area contributed by atoms with Crippen molar-refractivity contribution in [2.75, 3.05) is 0 Å². The van der Waals surface area contributed by atoms with E-state index in [4.69, 9.17) is 4.74 Å². The Morgan fingerprint density at radius 2 is 1.88 bits per heavy atom. The summed E-state index contributed by atoms with van der Waals surface area (Å²) in [6, 6.07) is 1.86. The van der Waals surface area contributed by atoms with Gasteiger partial charge in [-0.25, -0.2) is 4.79 Å². The van der Waals surface area contributed by atoms with Gasteiger partial charge in [0.05, 0.1) is 5.56 Å². The van der Waals surface area contributed by atoms with Crippen molar-refractivity contribution in [3.05, 3.63) is 29.6 Å². The first-order valence-electron chi connectivity index (χ1n) is 4.86. The van der Waals surface area contributed by atoms with Crippen molar-refractivity contribution >= 4 is 5.97 Å². The lowest BCUT2D eigenvalue weighted by atomic mass is 10.1. The summed E-state index contributed by atoms with van der Waals surface area (Å²) in [5, 5.41) is 0. The van der Waals surface area contributed by atoms with Crippen LogP contribution in [0.15, 0.2) is 18.3 Å². The van der Waals surface area contributed by atoms with Crippen LogP contribution in [0.2, 0.25) is 0 Å². The van der Waals surface area contributed by atoms with Gasteiger partial charge in [-0.15, -0.1) is 0 Å². The number of nitrogens with zero attached hydrogens (tertiary/aromatic N) is 1. The van der Waals surface area contributed by atoms with Crippen molar-refractivity contribution in [2.24, 2.45) is 0 Å². The third kappa shape index (κ3) is 4.05. The van der Waals surface area contributed by atoms with Crippen LogP contribution in [0.5, 0.6) is 0 Å². The summed E-state index contributed by atoms with van der Waals surface area (Å²) >= 11 is 0. The highest BCUT2D eigenvalue weighted by Crippen LogP contribution is 2.28. The van der Waals surface area contributed by atoms with Crippen LogP contribution in [0.1, 0.15) is 36.8 Å². The molecule has 6 heteroatoms. The van der Waals surface area contributed by atoms with Crippen LogP contribution in [0.4, 0.5) is 13.2 Å². The SMILES string of the molecule is CC(C)(C)OC(=O)c1ccnc(C(F)(F)F)c1. The average molecular weight is 247 g/mol. The van der Waals surface area contributed by atoms with Gasteiger partial charge in [0.2, 0.25) is 0 Å². The van der Waals surface area contributed by atoms with Crippen molar-refractivity contribution in [1.82, 2.24) is 4.98 Å². The van der Waals surface area contributed by atoms with Crippen molar-refractivity contribution in [1.29, 1.82) is 0 Å². The molecule has 0 aliphatic heterocycles. The number of hydrogen-bond acceptors (Lipinski definition) is 3. The Kier molecular flexibility index (Phi) is 3.45. The molecule has 1 aromatic heterocycles. The highest BCUT2D eigenvalue weighted by molar-refractivity contribution is 5.89. The van der Waals surface area contributed by atoms with E-state index >= 15 is 0 Å². The molecule has 0 aliphatic carbocycles. The number of ether oxygens (including phenoxy) is 1. The van der Waals surface area contributed by atoms with Gasteiger partial charge in [-0.3, -0.25) is 4.98 Å². The monoisotopic (exact) mass is 247 g/mol. The number of pyridine rings is 1. The molecule has 1 rings (SSSR count). The van der Waals surface area contributed by atoms with E-state index in [0.29, 0.717) is 6.07 Å². The minimum Gasteiger partial charge on any atom is -0.456 e. The number of hydrogen-bond donors (Lipinski definition) is 0. The summed E-state index contributed by atoms with van der Waals surface area (Å²) in [5.74, 6) is -0.801. The van der Waals surface area contributed by atoms with Gasteiger partial charge < -0.3 is 4.74 Å². The van der Waals surface area contributed by atoms with Crippen molar-refractivity contribution in [2.45, 2.75) is 32.5 Å². The van der Waals surface area contributed by atoms with Gasteiger partial charge >= 0.3 is 12.1 Å². The summed E-state index contributed by atoms with van der Waals surface area (Å²) in [5.41, 5.74) is -2.03. The number of carbonyl (C=O) groups excluding carboxylic acids is 1. The highest BCUT2D eigenvalue weighted by atomic mass is 19.4. The number of halogens is 3. The van der Waals surface area contributed by atoms with Gasteiger partial charge in [-0.2, -0.15) is 13.2 Å². The maximum atomic E-state index is 12.4. The first-order chi connectivity index (χ1) is 7.59. The molecule has 0 N–H and O–H groups in total. The summed E-state index contributed by atoms with van der Waals surface area (Å²) in [4.78, 5) is 14.7. The minimum absolute atomic E-state index is 0.165. The quantitative estimate of drug-likeness (QED) is 0.716. The number of alkyl halides is 3. The van der Waals surface area contributed by atoms with Gasteiger partial charge in [-0.05, 0) is 32.9 Å². The molecule has 0 fully saturated rings. The Morgan fingerprint density at radius 1 is 1.29 bits per heavy atom. The van der Waals surface area contributed by atoms with E-state index in [1.54, 1.807) is 20.8 Å². The third-order valence-corrected chi connectivity index (χ3v) is 1.68. The van der Waals surface area contributed by atoms with E-state index in [1.807, 2.05) is 0 Å². The van der Waals surface area contributed by atoms with Crippen LogP contribution in [0.25, 0.3) is 0 Å². The summed E-state index contributed by atoms with van der Waals surface area (Å²) < 4.78 is 42.0. The molecule has 1 aromatic rings. The van der Waals surface area contributed by atoms with Crippen molar-refractivity contribution in [3.63, 3.8) is 0 Å². The molecule has 0 aliphatic rings. The zero-order chi connectivity index (χ0) is 13.3. The van der Waals surface area contributed by atoms with Gasteiger partial charge in [0.25, 0.3) is 0 Å². The fourth-order valence-electron chi connectivity index (χ4n) is 1.05. The summed E-state index contributed by atoms with van der Waals surface area (Å²) in [7, 11) is 0. The molecule has 0 aromatic carbocycles. The molecule has 3 nitrogen and oxygen atoms in total. The second-order valence-corrected chi connectivity index (χ2v) is 4.43. The molecule has 17 heavy (non-hydrogen) atoms. The molecule has 94 valence electrons. The van der Waals surface area contributed by atoms with Crippen LogP contribution >= 0.6 is 0 Å². The Bertz CT molecular complexity index is 421. The van der Waals surface area contributed by atoms with Crippen LogP contribution in [-0.4, -0.2) is 16.6 Å². The van der Waals surface area contributed by atoms with Crippen LogP contribution < -0.4 is 0 Å². The molecule has 0 spiro atoms. The van der Waals surface area contributed by atoms with Crippen LogP contribution in [0.3, 0.4) is 0 Å². The largest absolute Gasteiger partial charge is 0.456 e. The van der Waals surface area contributed by atoms with Gasteiger partial charge in [0.1, 0.15) is 11.3 Å². The maximum absolute atomic E-state index is 12.4. The van der Waals surface area contributed by atoms with E-state index in [0.717, 1.165) is 6.20 Å². The molecular weight excluding hydrogens is 235 g/mol. The Labute approximate surface area is 96.6 Å². The molecular formula is C11H12F3NO2. The topological polar surface area (TPSA) is 39.2 Å². The Hall–Kier alpha value is -1.59. The van der Waals surface area contributed by atoms with Crippen LogP contribution in [-0.2, 0) is 10.9 Å². The van der Waals surface area contributed by atoms with Crippen LogP contribution in [0, 0.1) is 0 Å². The van der Waals surface area contributed by atoms with Crippen molar-refractivity contribution < 1.29 is 22.7 Å². The van der Waals surface area contributed by atoms with E-state index < -0.39 is 23.4 Å². The second-order valence-electron chi connectivity index (χ2n) is 4.43. The number of esters is 1. The number of rotatable bonds is 1. The zero-order valence-corrected chi connectivity index (χ0v) is 9.63. The number of aromatic nitrogens is 1. The predicted molar refractivity (Wildman–Crippen MR) is 54.4 cm³/mol.